The quantitative estimate of drug-likeness (QED) is 0.734. The van der Waals surface area contributed by atoms with E-state index in [-0.39, 0.29) is 17.7 Å². The highest BCUT2D eigenvalue weighted by Crippen LogP contribution is 2.33. The molecule has 1 saturated heterocycles. The topological polar surface area (TPSA) is 71.5 Å². The van der Waals surface area contributed by atoms with Crippen molar-refractivity contribution in [3.63, 3.8) is 0 Å². The van der Waals surface area contributed by atoms with Gasteiger partial charge < -0.3 is 15.0 Å². The molecule has 1 aliphatic carbocycles. The van der Waals surface area contributed by atoms with Gasteiger partial charge in [-0.1, -0.05) is 12.8 Å². The van der Waals surface area contributed by atoms with Crippen molar-refractivity contribution in [1.29, 1.82) is 0 Å². The number of nitrogens with zero attached hydrogens (tertiary/aromatic N) is 2. The summed E-state index contributed by atoms with van der Waals surface area (Å²) in [5, 5.41) is 2.75. The predicted octanol–water partition coefficient (Wildman–Crippen LogP) is 5.04. The number of rotatable bonds is 5. The Kier molecular flexibility index (Phi) is 6.54. The fourth-order valence-corrected chi connectivity index (χ4v) is 4.72. The molecule has 6 heteroatoms. The van der Waals surface area contributed by atoms with Gasteiger partial charge in [0.2, 0.25) is 11.8 Å². The van der Waals surface area contributed by atoms with Gasteiger partial charge in [-0.2, -0.15) is 0 Å². The van der Waals surface area contributed by atoms with Gasteiger partial charge in [0.15, 0.2) is 0 Å². The van der Waals surface area contributed by atoms with Crippen LogP contribution >= 0.6 is 0 Å². The largest absolute Gasteiger partial charge is 0.457 e. The molecule has 2 aromatic rings. The van der Waals surface area contributed by atoms with Gasteiger partial charge in [0, 0.05) is 61.1 Å². The van der Waals surface area contributed by atoms with E-state index in [1.54, 1.807) is 0 Å². The fraction of sp³-hybridized carbons (Fsp3) is 0.480. The number of nitrogens with one attached hydrogen (secondary N) is 1. The molecule has 4 rings (SSSR count). The van der Waals surface area contributed by atoms with Gasteiger partial charge in [-0.25, -0.2) is 0 Å². The normalized spacial score (nSPS) is 19.3. The van der Waals surface area contributed by atoms with Crippen molar-refractivity contribution >= 4 is 17.5 Å². The standard InChI is InChI=1S/C25H31N3O3/c1-17-14-23(31-22-11-9-21(10-12-22)27-18(2)29)15-24(26-17)20-8-5-13-28(16-20)25(30)19-6-3-4-7-19/h9-12,14-15,19-20H,3-8,13,16H2,1-2H3,(H,27,29)/t20-/m0/s1. The van der Waals surface area contributed by atoms with Crippen LogP contribution in [0.3, 0.4) is 0 Å². The van der Waals surface area contributed by atoms with E-state index in [1.807, 2.05) is 43.3 Å². The van der Waals surface area contributed by atoms with Gasteiger partial charge in [0.25, 0.3) is 0 Å². The fourth-order valence-electron chi connectivity index (χ4n) is 4.72. The Morgan fingerprint density at radius 1 is 1.03 bits per heavy atom. The lowest BCUT2D eigenvalue weighted by Gasteiger charge is -2.34. The minimum Gasteiger partial charge on any atom is -0.457 e. The number of pyridine rings is 1. The summed E-state index contributed by atoms with van der Waals surface area (Å²) in [7, 11) is 0. The third-order valence-corrected chi connectivity index (χ3v) is 6.21. The average Bonchev–Trinajstić information content (AvgIpc) is 3.29. The lowest BCUT2D eigenvalue weighted by atomic mass is 9.92. The smallest absolute Gasteiger partial charge is 0.225 e. The van der Waals surface area contributed by atoms with Crippen LogP contribution in [0, 0.1) is 12.8 Å². The summed E-state index contributed by atoms with van der Waals surface area (Å²) in [5.41, 5.74) is 2.64. The SMILES string of the molecule is CC(=O)Nc1ccc(Oc2cc(C)nc([C@H]3CCCN(C(=O)C4CCCC4)C3)c2)cc1. The second kappa shape index (κ2) is 9.50. The van der Waals surface area contributed by atoms with Gasteiger partial charge in [-0.15, -0.1) is 0 Å². The van der Waals surface area contributed by atoms with Crippen molar-refractivity contribution in [3.05, 3.63) is 47.8 Å². The third-order valence-electron chi connectivity index (χ3n) is 6.21. The second-order valence-electron chi connectivity index (χ2n) is 8.78. The van der Waals surface area contributed by atoms with Crippen molar-refractivity contribution in [2.24, 2.45) is 5.92 Å². The van der Waals surface area contributed by atoms with Crippen LogP contribution in [0.25, 0.3) is 0 Å². The Bertz CT molecular complexity index is 936. The first-order valence-corrected chi connectivity index (χ1v) is 11.3. The lowest BCUT2D eigenvalue weighted by molar-refractivity contribution is -0.136. The van der Waals surface area contributed by atoms with E-state index in [2.05, 4.69) is 10.2 Å². The maximum absolute atomic E-state index is 12.9. The molecular formula is C25H31N3O3. The van der Waals surface area contributed by atoms with E-state index in [0.29, 0.717) is 11.7 Å². The maximum Gasteiger partial charge on any atom is 0.225 e. The van der Waals surface area contributed by atoms with Crippen molar-refractivity contribution in [2.75, 3.05) is 18.4 Å². The highest BCUT2D eigenvalue weighted by molar-refractivity contribution is 5.88. The molecule has 164 valence electrons. The molecule has 1 aromatic heterocycles. The maximum atomic E-state index is 12.9. The number of likely N-dealkylation sites (tertiary alicyclic amines) is 1. The van der Waals surface area contributed by atoms with Crippen molar-refractivity contribution in [3.8, 4) is 11.5 Å². The summed E-state index contributed by atoms with van der Waals surface area (Å²) in [4.78, 5) is 30.9. The summed E-state index contributed by atoms with van der Waals surface area (Å²) in [6, 6.07) is 11.2. The van der Waals surface area contributed by atoms with Crippen LogP contribution in [-0.4, -0.2) is 34.8 Å². The van der Waals surface area contributed by atoms with E-state index < -0.39 is 0 Å². The van der Waals surface area contributed by atoms with Crippen LogP contribution in [0.5, 0.6) is 11.5 Å². The Hall–Kier alpha value is -2.89. The zero-order valence-electron chi connectivity index (χ0n) is 18.4. The molecule has 1 N–H and O–H groups in total. The summed E-state index contributed by atoms with van der Waals surface area (Å²) >= 11 is 0. The summed E-state index contributed by atoms with van der Waals surface area (Å²) in [6.45, 7) is 5.07. The molecule has 0 radical (unpaired) electrons. The van der Waals surface area contributed by atoms with Gasteiger partial charge >= 0.3 is 0 Å². The summed E-state index contributed by atoms with van der Waals surface area (Å²) in [6.07, 6.45) is 6.50. The molecule has 6 nitrogen and oxygen atoms in total. The van der Waals surface area contributed by atoms with Crippen LogP contribution in [0.15, 0.2) is 36.4 Å². The minimum absolute atomic E-state index is 0.101. The zero-order valence-corrected chi connectivity index (χ0v) is 18.4. The molecule has 2 fully saturated rings. The number of aromatic nitrogens is 1. The Labute approximate surface area is 184 Å². The van der Waals surface area contributed by atoms with Crippen LogP contribution in [-0.2, 0) is 9.59 Å². The molecule has 1 saturated carbocycles. The number of carbonyl (C=O) groups excluding carboxylic acids is 2. The minimum atomic E-state index is -0.101. The highest BCUT2D eigenvalue weighted by atomic mass is 16.5. The summed E-state index contributed by atoms with van der Waals surface area (Å²) < 4.78 is 6.07. The van der Waals surface area contributed by atoms with Gasteiger partial charge in [0.05, 0.1) is 0 Å². The first-order chi connectivity index (χ1) is 15.0. The molecule has 2 aliphatic rings. The zero-order chi connectivity index (χ0) is 21.8. The molecule has 0 unspecified atom stereocenters. The first kappa shape index (κ1) is 21.3. The molecule has 1 aliphatic heterocycles. The Morgan fingerprint density at radius 3 is 2.48 bits per heavy atom. The van der Waals surface area contributed by atoms with Crippen LogP contribution in [0.1, 0.15) is 62.8 Å². The molecule has 31 heavy (non-hydrogen) atoms. The molecule has 2 amide bonds. The number of hydrogen-bond acceptors (Lipinski definition) is 4. The van der Waals surface area contributed by atoms with Crippen molar-refractivity contribution < 1.29 is 14.3 Å². The Morgan fingerprint density at radius 2 is 1.77 bits per heavy atom. The molecule has 2 heterocycles. The van der Waals surface area contributed by atoms with Gasteiger partial charge in [-0.3, -0.25) is 14.6 Å². The number of ether oxygens (including phenoxy) is 1. The lowest BCUT2D eigenvalue weighted by Crippen LogP contribution is -2.42. The number of piperidine rings is 1. The van der Waals surface area contributed by atoms with Crippen LogP contribution < -0.4 is 10.1 Å². The number of amides is 2. The third kappa shape index (κ3) is 5.43. The number of aryl methyl sites for hydroxylation is 1. The molecule has 0 spiro atoms. The highest BCUT2D eigenvalue weighted by Gasteiger charge is 2.31. The van der Waals surface area contributed by atoms with E-state index in [0.717, 1.165) is 61.6 Å². The monoisotopic (exact) mass is 421 g/mol. The van der Waals surface area contributed by atoms with Crippen LogP contribution in [0.4, 0.5) is 5.69 Å². The van der Waals surface area contributed by atoms with Crippen LogP contribution in [0.2, 0.25) is 0 Å². The number of carbonyl (C=O) groups is 2. The van der Waals surface area contributed by atoms with E-state index in [9.17, 15) is 9.59 Å². The summed E-state index contributed by atoms with van der Waals surface area (Å²) in [5.74, 6) is 2.15. The van der Waals surface area contributed by atoms with E-state index >= 15 is 0 Å². The van der Waals surface area contributed by atoms with E-state index in [4.69, 9.17) is 9.72 Å². The van der Waals surface area contributed by atoms with Gasteiger partial charge in [-0.05, 0) is 56.9 Å². The Balaban J connectivity index is 1.45. The van der Waals surface area contributed by atoms with E-state index in [1.165, 1.54) is 19.8 Å². The van der Waals surface area contributed by atoms with Crippen molar-refractivity contribution in [2.45, 2.75) is 58.3 Å². The second-order valence-corrected chi connectivity index (χ2v) is 8.78. The predicted molar refractivity (Wildman–Crippen MR) is 120 cm³/mol. The number of benzene rings is 1. The first-order valence-electron chi connectivity index (χ1n) is 11.3. The van der Waals surface area contributed by atoms with Gasteiger partial charge in [0.1, 0.15) is 11.5 Å². The number of anilines is 1. The molecular weight excluding hydrogens is 390 g/mol. The molecule has 0 bridgehead atoms. The number of hydrogen-bond donors (Lipinski definition) is 1. The molecule has 1 aromatic carbocycles. The van der Waals surface area contributed by atoms with Crippen molar-refractivity contribution in [1.82, 2.24) is 9.88 Å². The molecule has 1 atom stereocenters. The average molecular weight is 422 g/mol.